The maximum absolute atomic E-state index is 13.8. The smallest absolute Gasteiger partial charge is 0.405 e. The number of nitrogens with zero attached hydrogens (tertiary/aromatic N) is 3. The van der Waals surface area contributed by atoms with Crippen LogP contribution in [-0.2, 0) is 0 Å². The van der Waals surface area contributed by atoms with E-state index in [1.807, 2.05) is 4.90 Å². The van der Waals surface area contributed by atoms with Gasteiger partial charge in [-0.3, -0.25) is 0 Å². The van der Waals surface area contributed by atoms with Crippen molar-refractivity contribution >= 4 is 23.1 Å². The molecule has 0 saturated carbocycles. The van der Waals surface area contributed by atoms with Crippen molar-refractivity contribution in [3.8, 4) is 6.07 Å². The Morgan fingerprint density at radius 2 is 2.41 bits per heavy atom. The van der Waals surface area contributed by atoms with Crippen LogP contribution in [0, 0.1) is 11.3 Å². The number of nitrogens with one attached hydrogen (secondary N) is 2. The first-order chi connectivity index (χ1) is 10.6. The van der Waals surface area contributed by atoms with Gasteiger partial charge in [-0.05, 0) is 24.6 Å². The number of carbonyl (C=O) groups is 1. The third-order valence-electron chi connectivity index (χ3n) is 3.74. The molecule has 0 unspecified atom stereocenters. The van der Waals surface area contributed by atoms with E-state index in [1.165, 1.54) is 0 Å². The van der Waals surface area contributed by atoms with Crippen molar-refractivity contribution in [2.75, 3.05) is 18.0 Å². The summed E-state index contributed by atoms with van der Waals surface area (Å²) < 4.78 is 13.8. The monoisotopic (exact) mass is 303 g/mol. The number of halogens is 1. The third kappa shape index (κ3) is 2.65. The van der Waals surface area contributed by atoms with Gasteiger partial charge in [0.2, 0.25) is 5.95 Å². The molecule has 1 aromatic heterocycles. The third-order valence-corrected chi connectivity index (χ3v) is 3.74. The second-order valence-corrected chi connectivity index (χ2v) is 5.21. The van der Waals surface area contributed by atoms with Crippen LogP contribution in [0.25, 0.3) is 11.0 Å². The van der Waals surface area contributed by atoms with Crippen LogP contribution in [0.3, 0.4) is 0 Å². The largest absolute Gasteiger partial charge is 0.465 e. The second-order valence-electron chi connectivity index (χ2n) is 5.21. The van der Waals surface area contributed by atoms with Gasteiger partial charge in [0.05, 0.1) is 28.7 Å². The molecular weight excluding hydrogens is 289 g/mol. The molecule has 114 valence electrons. The Labute approximate surface area is 125 Å². The number of aromatic nitrogens is 2. The van der Waals surface area contributed by atoms with Gasteiger partial charge in [-0.15, -0.1) is 0 Å². The summed E-state index contributed by atoms with van der Waals surface area (Å²) in [4.78, 5) is 20.0. The van der Waals surface area contributed by atoms with E-state index >= 15 is 0 Å². The molecule has 22 heavy (non-hydrogen) atoms. The Morgan fingerprint density at radius 1 is 1.59 bits per heavy atom. The minimum Gasteiger partial charge on any atom is -0.465 e. The van der Waals surface area contributed by atoms with Gasteiger partial charge in [0.25, 0.3) is 0 Å². The van der Waals surface area contributed by atoms with Gasteiger partial charge in [-0.1, -0.05) is 0 Å². The predicted octanol–water partition coefficient (Wildman–Crippen LogP) is 1.62. The van der Waals surface area contributed by atoms with E-state index in [2.05, 4.69) is 21.4 Å². The van der Waals surface area contributed by atoms with Crippen LogP contribution in [0.15, 0.2) is 18.2 Å². The maximum Gasteiger partial charge on any atom is 0.405 e. The number of aromatic amines is 1. The van der Waals surface area contributed by atoms with Crippen molar-refractivity contribution in [3.05, 3.63) is 23.8 Å². The van der Waals surface area contributed by atoms with Crippen LogP contribution in [0.1, 0.15) is 12.0 Å². The minimum atomic E-state index is -1.24. The van der Waals surface area contributed by atoms with Gasteiger partial charge in [0.15, 0.2) is 0 Å². The highest BCUT2D eigenvalue weighted by Gasteiger charge is 2.31. The molecule has 1 fully saturated rings. The fourth-order valence-corrected chi connectivity index (χ4v) is 2.63. The molecular formula is C14H14FN5O2. The van der Waals surface area contributed by atoms with Crippen molar-refractivity contribution in [3.63, 3.8) is 0 Å². The van der Waals surface area contributed by atoms with Gasteiger partial charge in [0, 0.05) is 13.1 Å². The highest BCUT2D eigenvalue weighted by atomic mass is 19.1. The summed E-state index contributed by atoms with van der Waals surface area (Å²) in [5, 5.41) is 19.9. The van der Waals surface area contributed by atoms with Crippen LogP contribution in [0.4, 0.5) is 15.1 Å². The zero-order valence-electron chi connectivity index (χ0n) is 11.6. The van der Waals surface area contributed by atoms with Crippen molar-refractivity contribution in [1.82, 2.24) is 15.3 Å². The molecule has 2 aromatic rings. The average Bonchev–Trinajstić information content (AvgIpc) is 2.91. The fraction of sp³-hybridized carbons (Fsp3) is 0.357. The van der Waals surface area contributed by atoms with Crippen LogP contribution < -0.4 is 10.2 Å². The van der Waals surface area contributed by atoms with Crippen LogP contribution in [0.5, 0.6) is 0 Å². The molecule has 0 radical (unpaired) electrons. The summed E-state index contributed by atoms with van der Waals surface area (Å²) >= 11 is 0. The van der Waals surface area contributed by atoms with Crippen LogP contribution in [0.2, 0.25) is 0 Å². The quantitative estimate of drug-likeness (QED) is 0.782. The summed E-state index contributed by atoms with van der Waals surface area (Å²) in [6.07, 6.45) is -2.22. The first-order valence-corrected chi connectivity index (χ1v) is 6.85. The van der Waals surface area contributed by atoms with E-state index in [4.69, 9.17) is 10.4 Å². The maximum atomic E-state index is 13.8. The lowest BCUT2D eigenvalue weighted by Gasteiger charge is -2.34. The normalized spacial score (nSPS) is 21.5. The molecule has 2 atom stereocenters. The van der Waals surface area contributed by atoms with Gasteiger partial charge >= 0.3 is 6.09 Å². The molecule has 1 amide bonds. The molecule has 3 rings (SSSR count). The standard InChI is InChI=1S/C14H14FN5O2/c15-9-3-4-20(7-12(9)19-14(21)22)13-17-10-2-1-8(6-16)5-11(10)18-13/h1-2,5,9,12,19H,3-4,7H2,(H,17,18)(H,21,22)/t9-,12-/m1/s1. The first kappa shape index (κ1) is 14.1. The lowest BCUT2D eigenvalue weighted by Crippen LogP contribution is -2.53. The number of anilines is 1. The molecule has 8 heteroatoms. The highest BCUT2D eigenvalue weighted by molar-refractivity contribution is 5.79. The number of amides is 1. The lowest BCUT2D eigenvalue weighted by atomic mass is 10.0. The number of piperidine rings is 1. The minimum absolute atomic E-state index is 0.207. The van der Waals surface area contributed by atoms with E-state index < -0.39 is 18.3 Å². The Morgan fingerprint density at radius 3 is 3.14 bits per heavy atom. The number of fused-ring (bicyclic) bond motifs is 1. The molecule has 7 nitrogen and oxygen atoms in total. The van der Waals surface area contributed by atoms with Crippen molar-refractivity contribution < 1.29 is 14.3 Å². The van der Waals surface area contributed by atoms with E-state index in [0.717, 1.165) is 5.52 Å². The van der Waals surface area contributed by atoms with Gasteiger partial charge in [0.1, 0.15) is 6.17 Å². The Kier molecular flexibility index (Phi) is 3.55. The molecule has 3 N–H and O–H groups in total. The zero-order valence-corrected chi connectivity index (χ0v) is 11.6. The number of benzene rings is 1. The van der Waals surface area contributed by atoms with Crippen LogP contribution in [-0.4, -0.2) is 46.5 Å². The van der Waals surface area contributed by atoms with E-state index in [9.17, 15) is 9.18 Å². The number of imidazole rings is 1. The summed E-state index contributed by atoms with van der Waals surface area (Å²) in [5.41, 5.74) is 1.95. The molecule has 0 aliphatic carbocycles. The highest BCUT2D eigenvalue weighted by Crippen LogP contribution is 2.23. The first-order valence-electron chi connectivity index (χ1n) is 6.85. The fourth-order valence-electron chi connectivity index (χ4n) is 2.63. The molecule has 1 aliphatic rings. The average molecular weight is 303 g/mol. The predicted molar refractivity (Wildman–Crippen MR) is 77.5 cm³/mol. The second kappa shape index (κ2) is 5.52. The molecule has 1 saturated heterocycles. The summed E-state index contributed by atoms with van der Waals surface area (Å²) in [5.74, 6) is 0.550. The molecule has 0 spiro atoms. The summed E-state index contributed by atoms with van der Waals surface area (Å²) in [6.45, 7) is 0.655. The van der Waals surface area contributed by atoms with Crippen molar-refractivity contribution in [2.45, 2.75) is 18.6 Å². The van der Waals surface area contributed by atoms with Crippen molar-refractivity contribution in [1.29, 1.82) is 5.26 Å². The number of nitriles is 1. The number of alkyl halides is 1. The topological polar surface area (TPSA) is 105 Å². The number of carboxylic acid groups (broad SMARTS) is 1. The SMILES string of the molecule is N#Cc1ccc2nc(N3CC[C@@H](F)[C@H](NC(=O)O)C3)[nH]c2c1. The molecule has 1 aliphatic heterocycles. The molecule has 2 heterocycles. The number of rotatable bonds is 2. The Bertz CT molecular complexity index is 753. The van der Waals surface area contributed by atoms with Crippen molar-refractivity contribution in [2.24, 2.45) is 0 Å². The van der Waals surface area contributed by atoms with E-state index in [0.29, 0.717) is 23.6 Å². The molecule has 0 bridgehead atoms. The van der Waals surface area contributed by atoms with E-state index in [-0.39, 0.29) is 13.0 Å². The van der Waals surface area contributed by atoms with Gasteiger partial charge in [-0.25, -0.2) is 14.2 Å². The van der Waals surface area contributed by atoms with Gasteiger partial charge < -0.3 is 20.3 Å². The van der Waals surface area contributed by atoms with Gasteiger partial charge in [-0.2, -0.15) is 5.26 Å². The Hall–Kier alpha value is -2.82. The number of hydrogen-bond acceptors (Lipinski definition) is 4. The van der Waals surface area contributed by atoms with Crippen LogP contribution >= 0.6 is 0 Å². The lowest BCUT2D eigenvalue weighted by molar-refractivity contribution is 0.167. The summed E-state index contributed by atoms with van der Waals surface area (Å²) in [6, 6.07) is 6.38. The Balaban J connectivity index is 1.84. The van der Waals surface area contributed by atoms with E-state index in [1.54, 1.807) is 18.2 Å². The number of H-pyrrole nitrogens is 1. The zero-order chi connectivity index (χ0) is 15.7. The number of hydrogen-bond donors (Lipinski definition) is 3. The molecule has 1 aromatic carbocycles. The summed E-state index contributed by atoms with van der Waals surface area (Å²) in [7, 11) is 0.